The van der Waals surface area contributed by atoms with Gasteiger partial charge in [-0.2, -0.15) is 0 Å². The fourth-order valence-electron chi connectivity index (χ4n) is 0.814. The Labute approximate surface area is 68.3 Å². The second kappa shape index (κ2) is 3.82. The fraction of sp³-hybridized carbons (Fsp3) is 0.125. The minimum absolute atomic E-state index is 0.306. The predicted molar refractivity (Wildman–Crippen MR) is 38.6 cm³/mol. The molecule has 12 heavy (non-hydrogen) atoms. The molecule has 1 rings (SSSR count). The standard InChI is InChI=1S/C8H7FO3/c9-12-8(11)7(10)6-4-2-1-3-5-6/h1-5,7,10H/t7-/m1/s1. The van der Waals surface area contributed by atoms with E-state index in [0.717, 1.165) is 0 Å². The van der Waals surface area contributed by atoms with Gasteiger partial charge in [-0.3, -0.25) is 4.94 Å². The van der Waals surface area contributed by atoms with Crippen LogP contribution in [0.4, 0.5) is 4.53 Å². The minimum Gasteiger partial charge on any atom is -0.377 e. The van der Waals surface area contributed by atoms with Gasteiger partial charge in [0.2, 0.25) is 0 Å². The summed E-state index contributed by atoms with van der Waals surface area (Å²) in [4.78, 5) is 13.3. The van der Waals surface area contributed by atoms with E-state index in [0.29, 0.717) is 5.56 Å². The maximum atomic E-state index is 11.3. The van der Waals surface area contributed by atoms with E-state index in [2.05, 4.69) is 4.94 Å². The van der Waals surface area contributed by atoms with E-state index in [1.807, 2.05) is 0 Å². The summed E-state index contributed by atoms with van der Waals surface area (Å²) in [7, 11) is 0. The number of rotatable bonds is 2. The highest BCUT2D eigenvalue weighted by atomic mass is 19.3. The Hall–Kier alpha value is -1.42. The van der Waals surface area contributed by atoms with E-state index in [1.165, 1.54) is 12.1 Å². The molecule has 0 spiro atoms. The molecule has 0 saturated carbocycles. The Morgan fingerprint density at radius 1 is 1.42 bits per heavy atom. The molecule has 0 heterocycles. The summed E-state index contributed by atoms with van der Waals surface area (Å²) in [6.07, 6.45) is -1.55. The third-order valence-corrected chi connectivity index (χ3v) is 1.41. The Kier molecular flexibility index (Phi) is 2.76. The van der Waals surface area contributed by atoms with E-state index in [4.69, 9.17) is 5.11 Å². The molecule has 0 unspecified atom stereocenters. The quantitative estimate of drug-likeness (QED) is 0.724. The average molecular weight is 170 g/mol. The summed E-state index contributed by atoms with van der Waals surface area (Å²) >= 11 is 0. The second-order valence-corrected chi connectivity index (χ2v) is 2.21. The Balaban J connectivity index is 2.78. The van der Waals surface area contributed by atoms with Gasteiger partial charge in [-0.15, -0.1) is 0 Å². The average Bonchev–Trinajstić information content (AvgIpc) is 2.17. The third kappa shape index (κ3) is 1.79. The lowest BCUT2D eigenvalue weighted by Gasteiger charge is -2.04. The summed E-state index contributed by atoms with van der Waals surface area (Å²) in [5.74, 6) is -1.30. The van der Waals surface area contributed by atoms with Crippen molar-refractivity contribution in [1.82, 2.24) is 0 Å². The molecule has 0 aliphatic rings. The van der Waals surface area contributed by atoms with Crippen molar-refractivity contribution in [1.29, 1.82) is 0 Å². The molecule has 1 atom stereocenters. The van der Waals surface area contributed by atoms with Crippen molar-refractivity contribution in [3.8, 4) is 0 Å². The van der Waals surface area contributed by atoms with Crippen molar-refractivity contribution in [3.05, 3.63) is 35.9 Å². The van der Waals surface area contributed by atoms with Crippen LogP contribution in [-0.4, -0.2) is 11.1 Å². The molecule has 0 fully saturated rings. The minimum atomic E-state index is -1.55. The van der Waals surface area contributed by atoms with Gasteiger partial charge in [0.1, 0.15) is 0 Å². The molecule has 0 aliphatic heterocycles. The van der Waals surface area contributed by atoms with Gasteiger partial charge in [0.15, 0.2) is 6.10 Å². The number of hydrogen-bond donors (Lipinski definition) is 1. The zero-order chi connectivity index (χ0) is 8.97. The van der Waals surface area contributed by atoms with E-state index in [9.17, 15) is 9.32 Å². The van der Waals surface area contributed by atoms with Crippen molar-refractivity contribution in [2.24, 2.45) is 0 Å². The van der Waals surface area contributed by atoms with Crippen molar-refractivity contribution in [2.75, 3.05) is 0 Å². The van der Waals surface area contributed by atoms with Crippen molar-refractivity contribution >= 4 is 5.97 Å². The lowest BCUT2D eigenvalue weighted by molar-refractivity contribution is -0.194. The predicted octanol–water partition coefficient (Wildman–Crippen LogP) is 1.15. The number of carbonyl (C=O) groups excluding carboxylic acids is 1. The van der Waals surface area contributed by atoms with Crippen molar-refractivity contribution in [2.45, 2.75) is 6.10 Å². The maximum absolute atomic E-state index is 11.3. The maximum Gasteiger partial charge on any atom is 0.381 e. The topological polar surface area (TPSA) is 46.5 Å². The first-order valence-electron chi connectivity index (χ1n) is 3.31. The van der Waals surface area contributed by atoms with Gasteiger partial charge < -0.3 is 5.11 Å². The molecule has 0 aromatic heterocycles. The van der Waals surface area contributed by atoms with Crippen LogP contribution >= 0.6 is 0 Å². The SMILES string of the molecule is O=C(OF)[C@H](O)c1ccccc1. The molecule has 0 radical (unpaired) electrons. The Morgan fingerprint density at radius 2 is 2.00 bits per heavy atom. The second-order valence-electron chi connectivity index (χ2n) is 2.21. The van der Waals surface area contributed by atoms with Gasteiger partial charge >= 0.3 is 5.97 Å². The zero-order valence-corrected chi connectivity index (χ0v) is 6.11. The lowest BCUT2D eigenvalue weighted by Crippen LogP contribution is -2.11. The number of aliphatic hydroxyl groups is 1. The van der Waals surface area contributed by atoms with Crippen LogP contribution in [0, 0.1) is 0 Å². The highest BCUT2D eigenvalue weighted by molar-refractivity contribution is 5.75. The van der Waals surface area contributed by atoms with Crippen LogP contribution in [0.1, 0.15) is 11.7 Å². The number of benzene rings is 1. The Morgan fingerprint density at radius 3 is 2.50 bits per heavy atom. The van der Waals surface area contributed by atoms with Crippen molar-refractivity contribution < 1.29 is 19.4 Å². The molecule has 1 aromatic rings. The number of hydrogen-bond acceptors (Lipinski definition) is 3. The molecule has 0 amide bonds. The summed E-state index contributed by atoms with van der Waals surface area (Å²) in [5.41, 5.74) is 0.306. The lowest BCUT2D eigenvalue weighted by atomic mass is 10.1. The summed E-state index contributed by atoms with van der Waals surface area (Å²) in [5, 5.41) is 9.07. The molecular weight excluding hydrogens is 163 g/mol. The molecular formula is C8H7FO3. The largest absolute Gasteiger partial charge is 0.381 e. The molecule has 3 nitrogen and oxygen atoms in total. The summed E-state index contributed by atoms with van der Waals surface area (Å²) in [6, 6.07) is 7.98. The number of carbonyl (C=O) groups is 1. The van der Waals surface area contributed by atoms with E-state index in [1.54, 1.807) is 18.2 Å². The van der Waals surface area contributed by atoms with Crippen LogP contribution in [0.2, 0.25) is 0 Å². The van der Waals surface area contributed by atoms with Crippen LogP contribution in [0.15, 0.2) is 30.3 Å². The summed E-state index contributed by atoms with van der Waals surface area (Å²) in [6.45, 7) is 0. The molecule has 0 aliphatic carbocycles. The highest BCUT2D eigenvalue weighted by Crippen LogP contribution is 2.13. The normalized spacial score (nSPS) is 12.2. The molecule has 0 bridgehead atoms. The molecule has 1 aromatic carbocycles. The first-order chi connectivity index (χ1) is 5.75. The van der Waals surface area contributed by atoms with Crippen LogP contribution in [0.5, 0.6) is 0 Å². The van der Waals surface area contributed by atoms with Crippen molar-refractivity contribution in [3.63, 3.8) is 0 Å². The molecule has 1 N–H and O–H groups in total. The van der Waals surface area contributed by atoms with Gasteiger partial charge in [0.05, 0.1) is 0 Å². The Bertz CT molecular complexity index is 260. The fourth-order valence-corrected chi connectivity index (χ4v) is 0.814. The monoisotopic (exact) mass is 170 g/mol. The zero-order valence-electron chi connectivity index (χ0n) is 6.11. The van der Waals surface area contributed by atoms with Crippen LogP contribution in [0.3, 0.4) is 0 Å². The van der Waals surface area contributed by atoms with E-state index in [-0.39, 0.29) is 0 Å². The third-order valence-electron chi connectivity index (χ3n) is 1.41. The molecule has 4 heteroatoms. The highest BCUT2D eigenvalue weighted by Gasteiger charge is 2.18. The smallest absolute Gasteiger partial charge is 0.377 e. The van der Waals surface area contributed by atoms with Gasteiger partial charge in [-0.05, 0) is 5.56 Å². The van der Waals surface area contributed by atoms with Gasteiger partial charge in [-0.1, -0.05) is 30.3 Å². The van der Waals surface area contributed by atoms with E-state index >= 15 is 0 Å². The first kappa shape index (κ1) is 8.67. The van der Waals surface area contributed by atoms with Crippen LogP contribution < -0.4 is 0 Å². The first-order valence-corrected chi connectivity index (χ1v) is 3.31. The van der Waals surface area contributed by atoms with Gasteiger partial charge in [-0.25, -0.2) is 4.79 Å². The van der Waals surface area contributed by atoms with E-state index < -0.39 is 12.1 Å². The van der Waals surface area contributed by atoms with Gasteiger partial charge in [0, 0.05) is 4.53 Å². The molecule has 64 valence electrons. The summed E-state index contributed by atoms with van der Waals surface area (Å²) < 4.78 is 11.3. The van der Waals surface area contributed by atoms with Gasteiger partial charge in [0.25, 0.3) is 0 Å². The number of halogens is 1. The van der Waals surface area contributed by atoms with Crippen LogP contribution in [0.25, 0.3) is 0 Å². The molecule has 0 saturated heterocycles. The van der Waals surface area contributed by atoms with Crippen LogP contribution in [-0.2, 0) is 9.74 Å². The number of aliphatic hydroxyl groups excluding tert-OH is 1.